The minimum atomic E-state index is -0.642. The molecule has 28 heavy (non-hydrogen) atoms. The highest BCUT2D eigenvalue weighted by Crippen LogP contribution is 2.34. The number of hydrogen-bond donors (Lipinski definition) is 1. The van der Waals surface area contributed by atoms with E-state index in [0.717, 1.165) is 0 Å². The van der Waals surface area contributed by atoms with Crippen LogP contribution in [-0.4, -0.2) is 33.7 Å². The molecule has 2 aromatic carbocycles. The van der Waals surface area contributed by atoms with Gasteiger partial charge in [0.2, 0.25) is 11.8 Å². The van der Waals surface area contributed by atoms with Gasteiger partial charge in [-0.05, 0) is 37.3 Å². The molecule has 0 radical (unpaired) electrons. The summed E-state index contributed by atoms with van der Waals surface area (Å²) in [6, 6.07) is 10.8. The van der Waals surface area contributed by atoms with Crippen molar-refractivity contribution < 1.29 is 14.0 Å². The number of hydrogen-bond acceptors (Lipinski definition) is 4. The second kappa shape index (κ2) is 8.94. The largest absolute Gasteiger partial charge is 0.324 e. The van der Waals surface area contributed by atoms with Crippen molar-refractivity contribution >= 4 is 63.3 Å². The number of halogens is 3. The fourth-order valence-corrected chi connectivity index (χ4v) is 4.29. The van der Waals surface area contributed by atoms with Crippen LogP contribution in [0.4, 0.5) is 15.8 Å². The number of amides is 2. The quantitative estimate of drug-likeness (QED) is 0.703. The Morgan fingerprint density at radius 1 is 1.29 bits per heavy atom. The number of nitrogens with zero attached hydrogens (tertiary/aromatic N) is 2. The topological polar surface area (TPSA) is 61.8 Å². The average molecular weight is 440 g/mol. The molecule has 0 aromatic heterocycles. The van der Waals surface area contributed by atoms with Crippen molar-refractivity contribution in [2.24, 2.45) is 4.99 Å². The van der Waals surface area contributed by atoms with Gasteiger partial charge in [0.05, 0.1) is 16.4 Å². The summed E-state index contributed by atoms with van der Waals surface area (Å²) in [6.45, 7) is 2.22. The number of aliphatic imine (C=N–C) groups is 1. The van der Waals surface area contributed by atoms with Crippen LogP contribution in [0.25, 0.3) is 0 Å². The van der Waals surface area contributed by atoms with E-state index in [4.69, 9.17) is 23.2 Å². The van der Waals surface area contributed by atoms with E-state index in [9.17, 15) is 14.0 Å². The summed E-state index contributed by atoms with van der Waals surface area (Å²) < 4.78 is 13.7. The number of para-hydroxylation sites is 1. The number of thioether (sulfide) groups is 1. The molecule has 0 spiro atoms. The van der Waals surface area contributed by atoms with Gasteiger partial charge in [-0.25, -0.2) is 9.38 Å². The predicted octanol–water partition coefficient (Wildman–Crippen LogP) is 5.11. The van der Waals surface area contributed by atoms with Crippen molar-refractivity contribution in [3.63, 3.8) is 0 Å². The molecule has 146 valence electrons. The molecular formula is C19H16Cl2FN3O2S. The van der Waals surface area contributed by atoms with E-state index < -0.39 is 17.0 Å². The molecule has 1 aliphatic rings. The smallest absolute Gasteiger partial charge is 0.242 e. The van der Waals surface area contributed by atoms with Gasteiger partial charge < -0.3 is 5.32 Å². The molecule has 1 fully saturated rings. The van der Waals surface area contributed by atoms with E-state index in [1.165, 1.54) is 34.9 Å². The second-order valence-electron chi connectivity index (χ2n) is 5.91. The van der Waals surface area contributed by atoms with Crippen LogP contribution in [0.1, 0.15) is 13.3 Å². The van der Waals surface area contributed by atoms with Gasteiger partial charge in [0.25, 0.3) is 0 Å². The molecule has 5 nitrogen and oxygen atoms in total. The Bertz CT molecular complexity index is 955. The number of nitrogens with one attached hydrogen (secondary N) is 1. The molecule has 0 saturated carbocycles. The first kappa shape index (κ1) is 20.6. The molecule has 1 saturated heterocycles. The van der Waals surface area contributed by atoms with Crippen LogP contribution < -0.4 is 5.32 Å². The molecule has 2 amide bonds. The second-order valence-corrected chi connectivity index (χ2v) is 7.92. The van der Waals surface area contributed by atoms with Crippen molar-refractivity contribution in [3.05, 3.63) is 58.3 Å². The van der Waals surface area contributed by atoms with Crippen molar-refractivity contribution in [1.29, 1.82) is 0 Å². The Morgan fingerprint density at radius 3 is 2.71 bits per heavy atom. The minimum absolute atomic E-state index is 0.0807. The molecule has 1 atom stereocenters. The number of benzene rings is 2. The highest BCUT2D eigenvalue weighted by atomic mass is 35.5. The lowest BCUT2D eigenvalue weighted by Gasteiger charge is -2.13. The Balaban J connectivity index is 1.75. The standard InChI is InChI=1S/C19H16Cl2FN3O2S/c1-2-25-18(27)16(10-17(26)23-15-6-4-3-5-13(15)22)28-19(25)24-14-8-7-11(20)9-12(14)21/h3-9,16H,2,10H2,1H3,(H,23,26). The van der Waals surface area contributed by atoms with Crippen LogP contribution in [0, 0.1) is 5.82 Å². The summed E-state index contributed by atoms with van der Waals surface area (Å²) in [4.78, 5) is 30.9. The lowest BCUT2D eigenvalue weighted by molar-refractivity contribution is -0.128. The summed E-state index contributed by atoms with van der Waals surface area (Å²) in [5.41, 5.74) is 0.563. The maximum absolute atomic E-state index is 13.7. The van der Waals surface area contributed by atoms with Crippen LogP contribution in [-0.2, 0) is 9.59 Å². The highest BCUT2D eigenvalue weighted by Gasteiger charge is 2.38. The zero-order chi connectivity index (χ0) is 20.3. The van der Waals surface area contributed by atoms with Crippen molar-refractivity contribution in [2.75, 3.05) is 11.9 Å². The van der Waals surface area contributed by atoms with Crippen molar-refractivity contribution in [3.8, 4) is 0 Å². The Hall–Kier alpha value is -2.09. The third-order valence-electron chi connectivity index (χ3n) is 3.98. The fourth-order valence-electron chi connectivity index (χ4n) is 2.62. The molecule has 1 heterocycles. The lowest BCUT2D eigenvalue weighted by Crippen LogP contribution is -2.33. The third kappa shape index (κ3) is 4.66. The molecule has 1 aliphatic heterocycles. The van der Waals surface area contributed by atoms with Gasteiger partial charge in [-0.2, -0.15) is 0 Å². The summed E-state index contributed by atoms with van der Waals surface area (Å²) in [7, 11) is 0. The molecule has 1 unspecified atom stereocenters. The highest BCUT2D eigenvalue weighted by molar-refractivity contribution is 8.15. The lowest BCUT2D eigenvalue weighted by atomic mass is 10.2. The number of anilines is 1. The Morgan fingerprint density at radius 2 is 2.04 bits per heavy atom. The van der Waals surface area contributed by atoms with Gasteiger partial charge in [-0.3, -0.25) is 14.5 Å². The molecule has 3 rings (SSSR count). The minimum Gasteiger partial charge on any atom is -0.324 e. The normalized spacial score (nSPS) is 18.0. The summed E-state index contributed by atoms with van der Waals surface area (Å²) >= 11 is 13.2. The molecule has 9 heteroatoms. The first-order chi connectivity index (χ1) is 13.4. The van der Waals surface area contributed by atoms with E-state index in [-0.39, 0.29) is 18.0 Å². The SMILES string of the molecule is CCN1C(=O)C(CC(=O)Nc2ccccc2F)SC1=Nc1ccc(Cl)cc1Cl. The molecular weight excluding hydrogens is 424 g/mol. The van der Waals surface area contributed by atoms with Gasteiger partial charge in [0, 0.05) is 18.0 Å². The van der Waals surface area contributed by atoms with Crippen LogP contribution in [0.3, 0.4) is 0 Å². The van der Waals surface area contributed by atoms with Crippen molar-refractivity contribution in [2.45, 2.75) is 18.6 Å². The van der Waals surface area contributed by atoms with Gasteiger partial charge in [0.15, 0.2) is 5.17 Å². The predicted molar refractivity (Wildman–Crippen MR) is 112 cm³/mol. The fraction of sp³-hybridized carbons (Fsp3) is 0.211. The van der Waals surface area contributed by atoms with Gasteiger partial charge in [0.1, 0.15) is 11.1 Å². The zero-order valence-corrected chi connectivity index (χ0v) is 17.1. The Labute approximate surface area is 175 Å². The number of carbonyl (C=O) groups excluding carboxylic acids is 2. The average Bonchev–Trinajstić information content (AvgIpc) is 2.94. The van der Waals surface area contributed by atoms with Crippen molar-refractivity contribution in [1.82, 2.24) is 4.90 Å². The monoisotopic (exact) mass is 439 g/mol. The molecule has 0 bridgehead atoms. The van der Waals surface area contributed by atoms with Crippen LogP contribution in [0.2, 0.25) is 10.0 Å². The van der Waals surface area contributed by atoms with E-state index in [0.29, 0.717) is 27.4 Å². The maximum Gasteiger partial charge on any atom is 0.242 e. The molecule has 2 aromatic rings. The third-order valence-corrected chi connectivity index (χ3v) is 5.69. The first-order valence-electron chi connectivity index (χ1n) is 8.45. The van der Waals surface area contributed by atoms with E-state index in [1.54, 1.807) is 24.3 Å². The number of amidine groups is 1. The van der Waals surface area contributed by atoms with Crippen LogP contribution >= 0.6 is 35.0 Å². The van der Waals surface area contributed by atoms with Gasteiger partial charge in [-0.1, -0.05) is 47.1 Å². The van der Waals surface area contributed by atoms with E-state index >= 15 is 0 Å². The van der Waals surface area contributed by atoms with E-state index in [1.807, 2.05) is 6.92 Å². The number of carbonyl (C=O) groups is 2. The first-order valence-corrected chi connectivity index (χ1v) is 10.1. The summed E-state index contributed by atoms with van der Waals surface area (Å²) in [6.07, 6.45) is -0.0955. The zero-order valence-electron chi connectivity index (χ0n) is 14.8. The van der Waals surface area contributed by atoms with Gasteiger partial charge in [-0.15, -0.1) is 0 Å². The summed E-state index contributed by atoms with van der Waals surface area (Å²) in [5.74, 6) is -1.20. The maximum atomic E-state index is 13.7. The molecule has 0 aliphatic carbocycles. The summed E-state index contributed by atoms with van der Waals surface area (Å²) in [5, 5.41) is 3.16. The van der Waals surface area contributed by atoms with E-state index in [2.05, 4.69) is 10.3 Å². The van der Waals surface area contributed by atoms with Gasteiger partial charge >= 0.3 is 0 Å². The Kier molecular flexibility index (Phi) is 6.59. The van der Waals surface area contributed by atoms with Crippen LogP contribution in [0.15, 0.2) is 47.5 Å². The molecule has 1 N–H and O–H groups in total. The van der Waals surface area contributed by atoms with Crippen LogP contribution in [0.5, 0.6) is 0 Å². The number of rotatable bonds is 5.